The number of carbonyl (C=O) groups is 1. The van der Waals surface area contributed by atoms with Crippen LogP contribution in [0.4, 0.5) is 11.4 Å². The molecule has 2 aromatic heterocycles. The molecule has 0 saturated heterocycles. The van der Waals surface area contributed by atoms with Crippen LogP contribution in [0.25, 0.3) is 10.4 Å². The summed E-state index contributed by atoms with van der Waals surface area (Å²) in [6, 6.07) is 12.3. The second-order valence-electron chi connectivity index (χ2n) is 5.46. The fourth-order valence-electron chi connectivity index (χ4n) is 2.20. The second kappa shape index (κ2) is 6.66. The summed E-state index contributed by atoms with van der Waals surface area (Å²) in [5, 5.41) is 4.89. The molecule has 3 aromatic rings. The number of nitrogens with zero attached hydrogens (tertiary/aromatic N) is 1. The lowest BCUT2D eigenvalue weighted by Crippen LogP contribution is -2.14. The molecule has 1 atom stereocenters. The highest BCUT2D eigenvalue weighted by molar-refractivity contribution is 7.91. The van der Waals surface area contributed by atoms with Gasteiger partial charge in [-0.2, -0.15) is 0 Å². The van der Waals surface area contributed by atoms with Crippen LogP contribution in [0.3, 0.4) is 0 Å². The highest BCUT2D eigenvalue weighted by Crippen LogP contribution is 2.30. The lowest BCUT2D eigenvalue weighted by molar-refractivity contribution is 0.102. The number of nitrogens with two attached hydrogens (primary N) is 1. The number of nitrogens with one attached hydrogen (secondary N) is 2. The Kier molecular flexibility index (Phi) is 4.56. The third-order valence-electron chi connectivity index (χ3n) is 3.50. The predicted molar refractivity (Wildman–Crippen MR) is 101 cm³/mol. The Labute approximate surface area is 149 Å². The zero-order chi connectivity index (χ0) is 18.0. The van der Waals surface area contributed by atoms with Gasteiger partial charge in [0.1, 0.15) is 5.03 Å². The summed E-state index contributed by atoms with van der Waals surface area (Å²) >= 11 is 1.60. The first-order valence-electron chi connectivity index (χ1n) is 7.29. The van der Waals surface area contributed by atoms with Gasteiger partial charge in [-0.05, 0) is 41.3 Å². The fraction of sp³-hybridized carbons (Fsp3) is 0.0588. The van der Waals surface area contributed by atoms with Gasteiger partial charge in [0.15, 0.2) is 0 Å². The molecule has 128 valence electrons. The lowest BCUT2D eigenvalue weighted by Gasteiger charge is -2.10. The first kappa shape index (κ1) is 17.1. The standard InChI is InChI=1S/C17H16N4O2S2/c1-25(19,23)16-7-5-12(10-20-16)17(22)21-14-9-11(4-6-13(14)18)15-3-2-8-24-15/h2-10,19H,18H2,1H3,(H,21,22). The molecule has 0 aliphatic rings. The molecule has 2 heterocycles. The maximum atomic E-state index is 12.4. The molecule has 0 fully saturated rings. The third kappa shape index (κ3) is 3.86. The van der Waals surface area contributed by atoms with Crippen molar-refractivity contribution in [3.05, 3.63) is 59.6 Å². The van der Waals surface area contributed by atoms with Gasteiger partial charge in [-0.15, -0.1) is 11.3 Å². The maximum Gasteiger partial charge on any atom is 0.257 e. The van der Waals surface area contributed by atoms with E-state index in [4.69, 9.17) is 10.5 Å². The molecule has 0 bridgehead atoms. The molecule has 8 heteroatoms. The number of hydrogen-bond acceptors (Lipinski definition) is 6. The minimum absolute atomic E-state index is 0.142. The Hall–Kier alpha value is -2.71. The molecule has 0 spiro atoms. The van der Waals surface area contributed by atoms with Crippen molar-refractivity contribution in [2.24, 2.45) is 0 Å². The minimum Gasteiger partial charge on any atom is -0.397 e. The molecular formula is C17H16N4O2S2. The molecule has 25 heavy (non-hydrogen) atoms. The average Bonchev–Trinajstić information content (AvgIpc) is 3.10. The van der Waals surface area contributed by atoms with Crippen LogP contribution in [0, 0.1) is 4.78 Å². The minimum atomic E-state index is -2.90. The number of thiophene rings is 1. The first-order chi connectivity index (χ1) is 11.8. The Morgan fingerprint density at radius 1 is 1.28 bits per heavy atom. The molecular weight excluding hydrogens is 356 g/mol. The van der Waals surface area contributed by atoms with E-state index in [9.17, 15) is 9.00 Å². The number of anilines is 2. The van der Waals surface area contributed by atoms with Gasteiger partial charge in [0.05, 0.1) is 26.7 Å². The topological polar surface area (TPSA) is 109 Å². The lowest BCUT2D eigenvalue weighted by atomic mass is 10.1. The summed E-state index contributed by atoms with van der Waals surface area (Å²) < 4.78 is 19.1. The molecule has 3 rings (SSSR count). The van der Waals surface area contributed by atoms with Crippen LogP contribution >= 0.6 is 11.3 Å². The van der Waals surface area contributed by atoms with E-state index in [2.05, 4.69) is 10.3 Å². The zero-order valence-electron chi connectivity index (χ0n) is 13.4. The molecule has 1 aromatic carbocycles. The van der Waals surface area contributed by atoms with E-state index in [1.54, 1.807) is 17.4 Å². The van der Waals surface area contributed by atoms with Crippen LogP contribution < -0.4 is 11.1 Å². The summed E-state index contributed by atoms with van der Waals surface area (Å²) in [7, 11) is -2.90. The largest absolute Gasteiger partial charge is 0.397 e. The van der Waals surface area contributed by atoms with Crippen molar-refractivity contribution in [2.45, 2.75) is 5.03 Å². The van der Waals surface area contributed by atoms with E-state index >= 15 is 0 Å². The first-order valence-corrected chi connectivity index (χ1v) is 10.1. The van der Waals surface area contributed by atoms with Crippen molar-refractivity contribution in [1.82, 2.24) is 4.98 Å². The molecule has 1 amide bonds. The molecule has 1 unspecified atom stereocenters. The SMILES string of the molecule is CS(=N)(=O)c1ccc(C(=O)Nc2cc(-c3cccs3)ccc2N)cn1. The predicted octanol–water partition coefficient (Wildman–Crippen LogP) is 3.68. The van der Waals surface area contributed by atoms with Gasteiger partial charge in [0.2, 0.25) is 0 Å². The van der Waals surface area contributed by atoms with Gasteiger partial charge in [-0.25, -0.2) is 14.0 Å². The van der Waals surface area contributed by atoms with Crippen molar-refractivity contribution in [3.63, 3.8) is 0 Å². The smallest absolute Gasteiger partial charge is 0.257 e. The molecule has 0 radical (unpaired) electrons. The maximum absolute atomic E-state index is 12.4. The van der Waals surface area contributed by atoms with Gasteiger partial charge in [0, 0.05) is 17.3 Å². The van der Waals surface area contributed by atoms with Gasteiger partial charge in [0.25, 0.3) is 5.91 Å². The van der Waals surface area contributed by atoms with E-state index < -0.39 is 9.73 Å². The Morgan fingerprint density at radius 2 is 2.08 bits per heavy atom. The van der Waals surface area contributed by atoms with Crippen LogP contribution in [-0.4, -0.2) is 21.4 Å². The number of hydrogen-bond donors (Lipinski definition) is 3. The van der Waals surface area contributed by atoms with Gasteiger partial charge in [-0.1, -0.05) is 12.1 Å². The molecule has 4 N–H and O–H groups in total. The normalized spacial score (nSPS) is 13.2. The van der Waals surface area contributed by atoms with E-state index in [-0.39, 0.29) is 10.9 Å². The van der Waals surface area contributed by atoms with Crippen LogP contribution in [0.1, 0.15) is 10.4 Å². The van der Waals surface area contributed by atoms with Crippen LogP contribution in [0.15, 0.2) is 59.1 Å². The van der Waals surface area contributed by atoms with E-state index in [0.717, 1.165) is 10.4 Å². The fourth-order valence-corrected chi connectivity index (χ4v) is 3.51. The number of benzene rings is 1. The summed E-state index contributed by atoms with van der Waals surface area (Å²) in [4.78, 5) is 17.4. The van der Waals surface area contributed by atoms with Crippen molar-refractivity contribution in [2.75, 3.05) is 17.3 Å². The van der Waals surface area contributed by atoms with Gasteiger partial charge >= 0.3 is 0 Å². The number of amides is 1. The monoisotopic (exact) mass is 372 g/mol. The van der Waals surface area contributed by atoms with Crippen LogP contribution in [0.2, 0.25) is 0 Å². The van der Waals surface area contributed by atoms with Crippen molar-refractivity contribution >= 4 is 38.3 Å². The van der Waals surface area contributed by atoms with Crippen molar-refractivity contribution in [1.29, 1.82) is 4.78 Å². The summed E-state index contributed by atoms with van der Waals surface area (Å²) in [5.74, 6) is -0.373. The average molecular weight is 372 g/mol. The highest BCUT2D eigenvalue weighted by atomic mass is 32.2. The molecule has 6 nitrogen and oxygen atoms in total. The zero-order valence-corrected chi connectivity index (χ0v) is 15.0. The van der Waals surface area contributed by atoms with Crippen LogP contribution in [0.5, 0.6) is 0 Å². The highest BCUT2D eigenvalue weighted by Gasteiger charge is 2.12. The molecule has 0 aliphatic carbocycles. The summed E-state index contributed by atoms with van der Waals surface area (Å²) in [6.45, 7) is 0. The number of aromatic nitrogens is 1. The molecule has 0 aliphatic heterocycles. The third-order valence-corrected chi connectivity index (χ3v) is 5.46. The quantitative estimate of drug-likeness (QED) is 0.607. The number of pyridine rings is 1. The van der Waals surface area contributed by atoms with Crippen molar-refractivity contribution < 1.29 is 9.00 Å². The second-order valence-corrected chi connectivity index (χ2v) is 8.52. The number of rotatable bonds is 4. The van der Waals surface area contributed by atoms with Crippen molar-refractivity contribution in [3.8, 4) is 10.4 Å². The van der Waals surface area contributed by atoms with E-state index in [1.165, 1.54) is 24.6 Å². The van der Waals surface area contributed by atoms with E-state index in [1.807, 2.05) is 29.6 Å². The van der Waals surface area contributed by atoms with Gasteiger partial charge < -0.3 is 11.1 Å². The number of nitrogen functional groups attached to an aromatic ring is 1. The Morgan fingerprint density at radius 3 is 2.68 bits per heavy atom. The van der Waals surface area contributed by atoms with Gasteiger partial charge in [-0.3, -0.25) is 4.79 Å². The Bertz CT molecular complexity index is 1010. The Balaban J connectivity index is 1.84. The number of carbonyl (C=O) groups excluding carboxylic acids is 1. The van der Waals surface area contributed by atoms with E-state index in [0.29, 0.717) is 16.9 Å². The summed E-state index contributed by atoms with van der Waals surface area (Å²) in [5.41, 5.74) is 8.20. The van der Waals surface area contributed by atoms with Crippen LogP contribution in [-0.2, 0) is 9.73 Å². The molecule has 0 saturated carbocycles. The summed E-state index contributed by atoms with van der Waals surface area (Å²) in [6.07, 6.45) is 2.59.